The summed E-state index contributed by atoms with van der Waals surface area (Å²) < 4.78 is 34.9. The van der Waals surface area contributed by atoms with E-state index in [4.69, 9.17) is 4.74 Å². The van der Waals surface area contributed by atoms with Gasteiger partial charge in [-0.05, 0) is 42.2 Å². The van der Waals surface area contributed by atoms with E-state index >= 15 is 0 Å². The predicted octanol–water partition coefficient (Wildman–Crippen LogP) is 3.24. The highest BCUT2D eigenvalue weighted by Crippen LogP contribution is 2.25. The number of hydrogen-bond donors (Lipinski definition) is 1. The summed E-state index contributed by atoms with van der Waals surface area (Å²) in [6, 6.07) is 23.8. The van der Waals surface area contributed by atoms with Crippen molar-refractivity contribution in [2.24, 2.45) is 0 Å². The molecule has 1 aliphatic rings. The topological polar surface area (TPSA) is 78.9 Å². The number of hydrogen-bond acceptors (Lipinski definition) is 5. The highest BCUT2D eigenvalue weighted by molar-refractivity contribution is 7.89. The first kappa shape index (κ1) is 25.9. The minimum absolute atomic E-state index is 0.0311. The third-order valence-corrected chi connectivity index (χ3v) is 7.91. The first-order valence-electron chi connectivity index (χ1n) is 12.1. The van der Waals surface area contributed by atoms with Crippen LogP contribution in [0.4, 0.5) is 0 Å². The molecule has 1 heterocycles. The number of sulfonamides is 1. The van der Waals surface area contributed by atoms with Gasteiger partial charge in [0.05, 0.1) is 7.11 Å². The Morgan fingerprint density at radius 1 is 0.917 bits per heavy atom. The number of benzene rings is 3. The molecule has 7 nitrogen and oxygen atoms in total. The molecular weight excluding hydrogens is 474 g/mol. The molecule has 0 saturated carbocycles. The Balaban J connectivity index is 1.51. The van der Waals surface area contributed by atoms with Crippen molar-refractivity contribution in [3.63, 3.8) is 0 Å². The molecule has 0 unspecified atom stereocenters. The summed E-state index contributed by atoms with van der Waals surface area (Å²) >= 11 is 0. The number of carbonyl (C=O) groups excluding carboxylic acids is 1. The molecule has 1 atom stereocenters. The maximum Gasteiger partial charge on any atom is 0.244 e. The third kappa shape index (κ3) is 6.51. The summed E-state index contributed by atoms with van der Waals surface area (Å²) in [5.74, 6) is 0.0296. The van der Waals surface area contributed by atoms with Crippen LogP contribution in [0.5, 0.6) is 5.75 Å². The average molecular weight is 508 g/mol. The summed E-state index contributed by atoms with van der Waals surface area (Å²) in [5, 5.41) is 0. The molecule has 1 aliphatic heterocycles. The number of ether oxygens (including phenoxy) is 1. The zero-order valence-electron chi connectivity index (χ0n) is 20.8. The molecule has 1 fully saturated rings. The third-order valence-electron chi connectivity index (χ3n) is 6.42. The zero-order valence-corrected chi connectivity index (χ0v) is 21.6. The fraction of sp³-hybridized carbons (Fsp3) is 0.321. The van der Waals surface area contributed by atoms with E-state index in [9.17, 15) is 13.2 Å². The van der Waals surface area contributed by atoms with Crippen molar-refractivity contribution in [1.82, 2.24) is 14.5 Å². The lowest BCUT2D eigenvalue weighted by Crippen LogP contribution is -2.55. The van der Waals surface area contributed by atoms with Gasteiger partial charge in [-0.25, -0.2) is 8.42 Å². The first-order valence-corrected chi connectivity index (χ1v) is 13.6. The van der Waals surface area contributed by atoms with Gasteiger partial charge in [0.25, 0.3) is 0 Å². The van der Waals surface area contributed by atoms with Crippen molar-refractivity contribution in [1.29, 1.82) is 0 Å². The summed E-state index contributed by atoms with van der Waals surface area (Å²) in [5.41, 5.74) is 2.91. The van der Waals surface area contributed by atoms with Gasteiger partial charge in [0.15, 0.2) is 0 Å². The fourth-order valence-corrected chi connectivity index (χ4v) is 5.91. The van der Waals surface area contributed by atoms with Gasteiger partial charge < -0.3 is 9.64 Å². The number of piperazine rings is 1. The van der Waals surface area contributed by atoms with Gasteiger partial charge in [-0.15, -0.1) is 0 Å². The second-order valence-electron chi connectivity index (χ2n) is 9.10. The monoisotopic (exact) mass is 507 g/mol. The van der Waals surface area contributed by atoms with Crippen LogP contribution in [-0.2, 0) is 27.8 Å². The number of rotatable bonds is 9. The first-order chi connectivity index (χ1) is 17.4. The smallest absolute Gasteiger partial charge is 0.244 e. The van der Waals surface area contributed by atoms with Gasteiger partial charge in [0.2, 0.25) is 15.9 Å². The zero-order chi connectivity index (χ0) is 25.5. The molecule has 0 aliphatic carbocycles. The summed E-state index contributed by atoms with van der Waals surface area (Å²) in [7, 11) is -2.58. The van der Waals surface area contributed by atoms with Crippen LogP contribution in [0.15, 0.2) is 83.8 Å². The Morgan fingerprint density at radius 3 is 2.14 bits per heavy atom. The fourth-order valence-electron chi connectivity index (χ4n) is 4.46. The van der Waals surface area contributed by atoms with E-state index in [-0.39, 0.29) is 23.0 Å². The molecule has 3 aromatic carbocycles. The molecule has 0 aromatic heterocycles. The Hall–Kier alpha value is -3.20. The molecule has 190 valence electrons. The molecule has 1 saturated heterocycles. The van der Waals surface area contributed by atoms with Crippen LogP contribution < -0.4 is 9.46 Å². The number of carbonyl (C=O) groups is 1. The molecule has 36 heavy (non-hydrogen) atoms. The highest BCUT2D eigenvalue weighted by Gasteiger charge is 2.32. The minimum Gasteiger partial charge on any atom is -0.495 e. The maximum absolute atomic E-state index is 13.6. The van der Waals surface area contributed by atoms with Crippen LogP contribution in [-0.4, -0.2) is 63.5 Å². The van der Waals surface area contributed by atoms with E-state index in [0.717, 1.165) is 30.8 Å². The summed E-state index contributed by atoms with van der Waals surface area (Å²) in [4.78, 5) is 17.8. The van der Waals surface area contributed by atoms with Crippen molar-refractivity contribution in [2.75, 3.05) is 33.3 Å². The predicted molar refractivity (Wildman–Crippen MR) is 140 cm³/mol. The Morgan fingerprint density at radius 2 is 1.53 bits per heavy atom. The largest absolute Gasteiger partial charge is 0.495 e. The molecule has 0 bridgehead atoms. The van der Waals surface area contributed by atoms with Crippen LogP contribution in [0.2, 0.25) is 0 Å². The van der Waals surface area contributed by atoms with E-state index < -0.39 is 16.1 Å². The van der Waals surface area contributed by atoms with Gasteiger partial charge in [-0.3, -0.25) is 9.69 Å². The van der Waals surface area contributed by atoms with E-state index in [0.29, 0.717) is 13.1 Å². The number of amides is 1. The van der Waals surface area contributed by atoms with Crippen molar-refractivity contribution in [3.8, 4) is 5.75 Å². The summed E-state index contributed by atoms with van der Waals surface area (Å²) in [6.45, 7) is 5.21. The van der Waals surface area contributed by atoms with Crippen LogP contribution in [0, 0.1) is 6.92 Å². The lowest BCUT2D eigenvalue weighted by Gasteiger charge is -2.36. The number of nitrogens with zero attached hydrogens (tertiary/aromatic N) is 2. The molecule has 1 amide bonds. The van der Waals surface area contributed by atoms with Crippen LogP contribution in [0.1, 0.15) is 16.7 Å². The number of nitrogens with one attached hydrogen (secondary N) is 1. The molecule has 0 spiro atoms. The van der Waals surface area contributed by atoms with Crippen molar-refractivity contribution in [3.05, 3.63) is 95.6 Å². The molecule has 1 N–H and O–H groups in total. The molecule has 8 heteroatoms. The molecule has 3 aromatic rings. The van der Waals surface area contributed by atoms with E-state index in [1.54, 1.807) is 23.1 Å². The number of methoxy groups -OCH3 is 1. The van der Waals surface area contributed by atoms with Gasteiger partial charge in [-0.1, -0.05) is 66.7 Å². The van der Waals surface area contributed by atoms with Crippen molar-refractivity contribution < 1.29 is 17.9 Å². The van der Waals surface area contributed by atoms with Crippen LogP contribution in [0.3, 0.4) is 0 Å². The van der Waals surface area contributed by atoms with Gasteiger partial charge in [0.1, 0.15) is 16.7 Å². The van der Waals surface area contributed by atoms with Gasteiger partial charge >= 0.3 is 0 Å². The van der Waals surface area contributed by atoms with E-state index in [1.165, 1.54) is 12.7 Å². The molecular formula is C28H33N3O4S. The lowest BCUT2D eigenvalue weighted by molar-refractivity contribution is -0.134. The van der Waals surface area contributed by atoms with Crippen LogP contribution in [0.25, 0.3) is 0 Å². The maximum atomic E-state index is 13.6. The quantitative estimate of drug-likeness (QED) is 0.481. The van der Waals surface area contributed by atoms with Crippen molar-refractivity contribution >= 4 is 15.9 Å². The molecule has 0 radical (unpaired) electrons. The van der Waals surface area contributed by atoms with Gasteiger partial charge in [0, 0.05) is 32.7 Å². The Labute approximate surface area is 213 Å². The summed E-state index contributed by atoms with van der Waals surface area (Å²) in [6.07, 6.45) is 0.261. The normalized spacial score (nSPS) is 15.4. The van der Waals surface area contributed by atoms with Crippen LogP contribution >= 0.6 is 0 Å². The van der Waals surface area contributed by atoms with Gasteiger partial charge in [-0.2, -0.15) is 4.72 Å². The average Bonchev–Trinajstić information content (AvgIpc) is 2.89. The van der Waals surface area contributed by atoms with Crippen molar-refractivity contribution in [2.45, 2.75) is 30.8 Å². The van der Waals surface area contributed by atoms with E-state index in [1.807, 2.05) is 55.5 Å². The Bertz CT molecular complexity index is 1260. The number of aryl methyl sites for hydroxylation is 1. The Kier molecular flexibility index (Phi) is 8.40. The second kappa shape index (κ2) is 11.7. The molecule has 4 rings (SSSR count). The highest BCUT2D eigenvalue weighted by atomic mass is 32.2. The second-order valence-corrected chi connectivity index (χ2v) is 10.8. The van der Waals surface area contributed by atoms with E-state index in [2.05, 4.69) is 21.8 Å². The minimum atomic E-state index is -4.01. The lowest BCUT2D eigenvalue weighted by atomic mass is 10.1. The standard InChI is InChI=1S/C28H33N3O4S/c1-22-13-14-26(35-2)27(19-22)36(33,34)29-25(20-23-9-5-3-6-10-23)28(32)31-17-15-30(16-18-31)21-24-11-7-4-8-12-24/h3-14,19,25,29H,15-18,20-21H2,1-2H3/t25-/m0/s1. The SMILES string of the molecule is COc1ccc(C)cc1S(=O)(=O)N[C@@H](Cc1ccccc1)C(=O)N1CCN(Cc2ccccc2)CC1.